The van der Waals surface area contributed by atoms with Gasteiger partial charge in [-0.2, -0.15) is 0 Å². The van der Waals surface area contributed by atoms with Gasteiger partial charge in [0, 0.05) is 12.5 Å². The fourth-order valence-electron chi connectivity index (χ4n) is 3.64. The molecule has 1 aliphatic carbocycles. The fraction of sp³-hybridized carbons (Fsp3) is 0.409. The van der Waals surface area contributed by atoms with Crippen LogP contribution in [0.2, 0.25) is 0 Å². The van der Waals surface area contributed by atoms with Crippen molar-refractivity contribution in [2.45, 2.75) is 38.0 Å². The number of fused-ring (bicyclic) bond motifs is 3. The van der Waals surface area contributed by atoms with E-state index >= 15 is 0 Å². The molecule has 26 heavy (non-hydrogen) atoms. The van der Waals surface area contributed by atoms with Crippen molar-refractivity contribution < 1.29 is 9.53 Å². The van der Waals surface area contributed by atoms with Crippen LogP contribution in [-0.4, -0.2) is 25.8 Å². The van der Waals surface area contributed by atoms with E-state index < -0.39 is 0 Å². The second-order valence-electron chi connectivity index (χ2n) is 6.81. The molecule has 0 unspecified atom stereocenters. The van der Waals surface area contributed by atoms with Gasteiger partial charge >= 0.3 is 6.09 Å². The topological polar surface area (TPSA) is 64.3 Å². The second-order valence-corrected chi connectivity index (χ2v) is 6.81. The molecule has 0 heterocycles. The average molecular weight is 352 g/mol. The van der Waals surface area contributed by atoms with Crippen LogP contribution in [0.5, 0.6) is 0 Å². The van der Waals surface area contributed by atoms with Crippen molar-refractivity contribution in [1.29, 1.82) is 0 Å². The van der Waals surface area contributed by atoms with Gasteiger partial charge in [-0.1, -0.05) is 67.8 Å². The minimum absolute atomic E-state index is 0.115. The highest BCUT2D eigenvalue weighted by Gasteiger charge is 2.28. The first-order chi connectivity index (χ1) is 12.8. The van der Waals surface area contributed by atoms with E-state index in [1.54, 1.807) is 0 Å². The van der Waals surface area contributed by atoms with E-state index in [9.17, 15) is 4.79 Å². The summed E-state index contributed by atoms with van der Waals surface area (Å²) in [6, 6.07) is 16.7. The lowest BCUT2D eigenvalue weighted by molar-refractivity contribution is 0.143. The van der Waals surface area contributed by atoms with Crippen molar-refractivity contribution in [3.05, 3.63) is 59.7 Å². The summed E-state index contributed by atoms with van der Waals surface area (Å²) in [5, 5.41) is 2.86. The second kappa shape index (κ2) is 9.39. The van der Waals surface area contributed by atoms with Crippen molar-refractivity contribution in [3.63, 3.8) is 0 Å². The monoisotopic (exact) mass is 352 g/mol. The molecule has 3 N–H and O–H groups in total. The minimum atomic E-state index is -0.325. The smallest absolute Gasteiger partial charge is 0.407 e. The van der Waals surface area contributed by atoms with Crippen LogP contribution in [0.3, 0.4) is 0 Å². The predicted octanol–water partition coefficient (Wildman–Crippen LogP) is 4.43. The largest absolute Gasteiger partial charge is 0.449 e. The number of alkyl carbamates (subject to hydrolysis) is 1. The van der Waals surface area contributed by atoms with Crippen molar-refractivity contribution in [3.8, 4) is 11.1 Å². The zero-order valence-electron chi connectivity index (χ0n) is 15.2. The molecule has 4 nitrogen and oxygen atoms in total. The number of hydrogen-bond acceptors (Lipinski definition) is 3. The number of benzene rings is 2. The molecule has 0 saturated carbocycles. The molecule has 0 bridgehead atoms. The Balaban J connectivity index is 1.47. The van der Waals surface area contributed by atoms with Gasteiger partial charge in [0.15, 0.2) is 0 Å². The van der Waals surface area contributed by atoms with Gasteiger partial charge in [-0.05, 0) is 41.6 Å². The molecular formula is C22H28N2O2. The summed E-state index contributed by atoms with van der Waals surface area (Å²) in [5.41, 5.74) is 10.4. The van der Waals surface area contributed by atoms with Crippen LogP contribution in [0, 0.1) is 0 Å². The summed E-state index contributed by atoms with van der Waals surface area (Å²) in [6.07, 6.45) is 5.19. The lowest BCUT2D eigenvalue weighted by Gasteiger charge is -2.14. The van der Waals surface area contributed by atoms with Gasteiger partial charge in [0.05, 0.1) is 0 Å². The number of hydrogen-bond donors (Lipinski definition) is 2. The molecule has 0 saturated heterocycles. The van der Waals surface area contributed by atoms with Crippen molar-refractivity contribution in [2.24, 2.45) is 5.73 Å². The molecule has 1 aliphatic rings. The van der Waals surface area contributed by atoms with Crippen LogP contribution in [-0.2, 0) is 4.74 Å². The quantitative estimate of drug-likeness (QED) is 0.656. The van der Waals surface area contributed by atoms with Gasteiger partial charge in [-0.25, -0.2) is 4.79 Å². The van der Waals surface area contributed by atoms with E-state index in [1.807, 2.05) is 12.1 Å². The Hall–Kier alpha value is -2.33. The molecule has 0 spiro atoms. The van der Waals surface area contributed by atoms with Gasteiger partial charge < -0.3 is 15.8 Å². The highest BCUT2D eigenvalue weighted by Crippen LogP contribution is 2.44. The maximum atomic E-state index is 12.0. The Morgan fingerprint density at radius 1 is 0.885 bits per heavy atom. The van der Waals surface area contributed by atoms with Crippen molar-refractivity contribution in [1.82, 2.24) is 5.32 Å². The Bertz CT molecular complexity index is 684. The van der Waals surface area contributed by atoms with Gasteiger partial charge in [0.2, 0.25) is 0 Å². The molecule has 4 heteroatoms. The van der Waals surface area contributed by atoms with Gasteiger partial charge in [0.25, 0.3) is 0 Å². The first-order valence-corrected chi connectivity index (χ1v) is 9.60. The number of carbonyl (C=O) groups is 1. The molecule has 1 amide bonds. The molecule has 0 fully saturated rings. The summed E-state index contributed by atoms with van der Waals surface area (Å²) >= 11 is 0. The zero-order chi connectivity index (χ0) is 18.2. The van der Waals surface area contributed by atoms with E-state index in [2.05, 4.69) is 41.7 Å². The number of carbonyl (C=O) groups excluding carboxylic acids is 1. The van der Waals surface area contributed by atoms with E-state index in [4.69, 9.17) is 10.5 Å². The van der Waals surface area contributed by atoms with E-state index in [-0.39, 0.29) is 12.0 Å². The number of unbranched alkanes of at least 4 members (excludes halogenated alkanes) is 4. The molecule has 0 aliphatic heterocycles. The van der Waals surface area contributed by atoms with Crippen LogP contribution in [0.4, 0.5) is 4.79 Å². The van der Waals surface area contributed by atoms with E-state index in [1.165, 1.54) is 35.1 Å². The number of amides is 1. The van der Waals surface area contributed by atoms with Crippen LogP contribution < -0.4 is 11.1 Å². The third-order valence-electron chi connectivity index (χ3n) is 4.99. The third-order valence-corrected chi connectivity index (χ3v) is 4.99. The van der Waals surface area contributed by atoms with Crippen LogP contribution in [0.25, 0.3) is 11.1 Å². The summed E-state index contributed by atoms with van der Waals surface area (Å²) in [6.45, 7) is 1.80. The van der Waals surface area contributed by atoms with Gasteiger partial charge in [0.1, 0.15) is 6.61 Å². The molecule has 138 valence electrons. The molecule has 2 aromatic rings. The summed E-state index contributed by atoms with van der Waals surface area (Å²) in [7, 11) is 0. The van der Waals surface area contributed by atoms with Crippen molar-refractivity contribution in [2.75, 3.05) is 19.7 Å². The minimum Gasteiger partial charge on any atom is -0.449 e. The standard InChI is InChI=1S/C22H28N2O2/c23-14-8-2-1-3-9-15-24-22(25)26-16-21-19-12-6-4-10-17(19)18-11-5-7-13-20(18)21/h4-7,10-13,21H,1-3,8-9,14-16,23H2,(H,24,25). The van der Waals surface area contributed by atoms with Crippen LogP contribution >= 0.6 is 0 Å². The Morgan fingerprint density at radius 2 is 1.46 bits per heavy atom. The number of rotatable bonds is 9. The highest BCUT2D eigenvalue weighted by atomic mass is 16.5. The maximum Gasteiger partial charge on any atom is 0.407 e. The Morgan fingerprint density at radius 3 is 2.12 bits per heavy atom. The molecule has 0 aromatic heterocycles. The normalized spacial score (nSPS) is 12.5. The highest BCUT2D eigenvalue weighted by molar-refractivity contribution is 5.79. The number of nitrogens with one attached hydrogen (secondary N) is 1. The Labute approximate surface area is 155 Å². The lowest BCUT2D eigenvalue weighted by atomic mass is 9.98. The molecule has 0 atom stereocenters. The molecule has 2 aromatic carbocycles. The summed E-state index contributed by atoms with van der Waals surface area (Å²) in [5.74, 6) is 0.115. The SMILES string of the molecule is NCCCCCCCNC(=O)OCC1c2ccccc2-c2ccccc21. The maximum absolute atomic E-state index is 12.0. The van der Waals surface area contributed by atoms with E-state index in [0.717, 1.165) is 25.8 Å². The summed E-state index contributed by atoms with van der Waals surface area (Å²) < 4.78 is 5.52. The fourth-order valence-corrected chi connectivity index (χ4v) is 3.64. The summed E-state index contributed by atoms with van der Waals surface area (Å²) in [4.78, 5) is 12.0. The van der Waals surface area contributed by atoms with Crippen molar-refractivity contribution >= 4 is 6.09 Å². The van der Waals surface area contributed by atoms with Crippen LogP contribution in [0.1, 0.15) is 49.1 Å². The zero-order valence-corrected chi connectivity index (χ0v) is 15.2. The predicted molar refractivity (Wildman–Crippen MR) is 105 cm³/mol. The van der Waals surface area contributed by atoms with E-state index in [0.29, 0.717) is 13.2 Å². The Kier molecular flexibility index (Phi) is 6.67. The number of ether oxygens (including phenoxy) is 1. The molecule has 0 radical (unpaired) electrons. The van der Waals surface area contributed by atoms with Gasteiger partial charge in [-0.3, -0.25) is 0 Å². The molecule has 3 rings (SSSR count). The average Bonchev–Trinajstić information content (AvgIpc) is 3.00. The molecular weight excluding hydrogens is 324 g/mol. The van der Waals surface area contributed by atoms with Gasteiger partial charge in [-0.15, -0.1) is 0 Å². The van der Waals surface area contributed by atoms with Crippen LogP contribution in [0.15, 0.2) is 48.5 Å². The first kappa shape index (κ1) is 18.5. The number of nitrogens with two attached hydrogens (primary N) is 1. The first-order valence-electron chi connectivity index (χ1n) is 9.60. The lowest BCUT2D eigenvalue weighted by Crippen LogP contribution is -2.27. The third kappa shape index (κ3) is 4.44.